The Morgan fingerprint density at radius 3 is 2.93 bits per heavy atom. The third-order valence-electron chi connectivity index (χ3n) is 4.99. The van der Waals surface area contributed by atoms with Gasteiger partial charge in [-0.1, -0.05) is 18.2 Å². The predicted octanol–water partition coefficient (Wildman–Crippen LogP) is 1.68. The number of hydrogen-bond acceptors (Lipinski definition) is 3. The maximum atomic E-state index is 11.9. The Morgan fingerprint density at radius 2 is 2.15 bits per heavy atom. The molecule has 1 aromatic carbocycles. The van der Waals surface area contributed by atoms with Crippen LogP contribution in [0.3, 0.4) is 0 Å². The average Bonchev–Trinajstić information content (AvgIpc) is 3.07. The number of nitrogens with one attached hydrogen (secondary N) is 3. The lowest BCUT2D eigenvalue weighted by atomic mass is 9.91. The van der Waals surface area contributed by atoms with E-state index in [1.54, 1.807) is 0 Å². The standard InChI is InChI=1S/C20H29N5O2/c1-2-21-20(22-10-6-12-25-11-5-9-19(25)27)23-14-15-13-18(26)24-17-8-4-3-7-16(15)17/h3-4,7-8,15H,2,5-6,9-14H2,1H3,(H,24,26)(H2,21,22,23). The molecule has 3 N–H and O–H groups in total. The molecular weight excluding hydrogens is 342 g/mol. The molecule has 3 rings (SSSR count). The summed E-state index contributed by atoms with van der Waals surface area (Å²) in [6.07, 6.45) is 3.02. The third-order valence-corrected chi connectivity index (χ3v) is 4.99. The van der Waals surface area contributed by atoms with Crippen LogP contribution < -0.4 is 16.0 Å². The first-order valence-corrected chi connectivity index (χ1v) is 9.86. The summed E-state index contributed by atoms with van der Waals surface area (Å²) in [6.45, 7) is 5.81. The van der Waals surface area contributed by atoms with E-state index in [0.29, 0.717) is 19.4 Å². The fraction of sp³-hybridized carbons (Fsp3) is 0.550. The van der Waals surface area contributed by atoms with Crippen LogP contribution in [0.4, 0.5) is 5.69 Å². The smallest absolute Gasteiger partial charge is 0.225 e. The molecule has 7 nitrogen and oxygen atoms in total. The van der Waals surface area contributed by atoms with Crippen molar-refractivity contribution in [2.75, 3.05) is 38.0 Å². The lowest BCUT2D eigenvalue weighted by molar-refractivity contribution is -0.127. The number of aliphatic imine (C=N–C) groups is 1. The van der Waals surface area contributed by atoms with Gasteiger partial charge in [-0.05, 0) is 31.4 Å². The molecule has 1 saturated heterocycles. The maximum absolute atomic E-state index is 11.9. The summed E-state index contributed by atoms with van der Waals surface area (Å²) in [5.74, 6) is 1.16. The van der Waals surface area contributed by atoms with Gasteiger partial charge in [0.2, 0.25) is 11.8 Å². The topological polar surface area (TPSA) is 85.8 Å². The highest BCUT2D eigenvalue weighted by atomic mass is 16.2. The second kappa shape index (κ2) is 9.39. The Morgan fingerprint density at radius 1 is 1.30 bits per heavy atom. The molecule has 2 amide bonds. The molecule has 146 valence electrons. The molecule has 7 heteroatoms. The third kappa shape index (κ3) is 5.21. The van der Waals surface area contributed by atoms with Crippen molar-refractivity contribution in [3.05, 3.63) is 29.8 Å². The van der Waals surface area contributed by atoms with Crippen LogP contribution in [0, 0.1) is 0 Å². The van der Waals surface area contributed by atoms with Gasteiger partial charge in [-0.2, -0.15) is 0 Å². The summed E-state index contributed by atoms with van der Waals surface area (Å²) in [6, 6.07) is 7.92. The molecular formula is C20H29N5O2. The fourth-order valence-electron chi connectivity index (χ4n) is 3.63. The molecule has 0 aromatic heterocycles. The number of guanidine groups is 1. The highest BCUT2D eigenvalue weighted by Gasteiger charge is 2.24. The average molecular weight is 371 g/mol. The molecule has 2 aliphatic rings. The van der Waals surface area contributed by atoms with Crippen molar-refractivity contribution in [2.24, 2.45) is 4.99 Å². The van der Waals surface area contributed by atoms with Gasteiger partial charge in [0, 0.05) is 50.6 Å². The van der Waals surface area contributed by atoms with Gasteiger partial charge in [-0.25, -0.2) is 0 Å². The summed E-state index contributed by atoms with van der Waals surface area (Å²) in [5, 5.41) is 9.51. The Kier molecular flexibility index (Phi) is 6.68. The molecule has 0 saturated carbocycles. The van der Waals surface area contributed by atoms with Gasteiger partial charge in [-0.3, -0.25) is 14.6 Å². The summed E-state index contributed by atoms with van der Waals surface area (Å²) in [5.41, 5.74) is 2.03. The van der Waals surface area contributed by atoms with Crippen LogP contribution in [0.5, 0.6) is 0 Å². The van der Waals surface area contributed by atoms with E-state index in [4.69, 9.17) is 0 Å². The fourth-order valence-corrected chi connectivity index (χ4v) is 3.63. The van der Waals surface area contributed by atoms with Crippen molar-refractivity contribution in [3.8, 4) is 0 Å². The molecule has 1 atom stereocenters. The van der Waals surface area contributed by atoms with E-state index in [0.717, 1.165) is 56.2 Å². The van der Waals surface area contributed by atoms with Crippen LogP contribution in [-0.4, -0.2) is 55.4 Å². The van der Waals surface area contributed by atoms with Crippen molar-refractivity contribution >= 4 is 23.5 Å². The van der Waals surface area contributed by atoms with Crippen LogP contribution in [0.1, 0.15) is 44.1 Å². The zero-order valence-corrected chi connectivity index (χ0v) is 16.0. The van der Waals surface area contributed by atoms with Gasteiger partial charge in [0.05, 0.1) is 6.54 Å². The normalized spacial score (nSPS) is 19.7. The van der Waals surface area contributed by atoms with Crippen LogP contribution >= 0.6 is 0 Å². The largest absolute Gasteiger partial charge is 0.357 e. The van der Waals surface area contributed by atoms with Crippen molar-refractivity contribution in [1.29, 1.82) is 0 Å². The van der Waals surface area contributed by atoms with E-state index in [1.807, 2.05) is 30.0 Å². The predicted molar refractivity (Wildman–Crippen MR) is 107 cm³/mol. The Hall–Kier alpha value is -2.57. The monoisotopic (exact) mass is 371 g/mol. The van der Waals surface area contributed by atoms with Crippen LogP contribution in [0.2, 0.25) is 0 Å². The Balaban J connectivity index is 1.52. The number of anilines is 1. The molecule has 0 radical (unpaired) electrons. The minimum Gasteiger partial charge on any atom is -0.357 e. The van der Waals surface area contributed by atoms with Crippen LogP contribution in [0.15, 0.2) is 29.3 Å². The number of fused-ring (bicyclic) bond motifs is 1. The molecule has 1 aromatic rings. The molecule has 27 heavy (non-hydrogen) atoms. The number of carbonyl (C=O) groups is 2. The molecule has 0 spiro atoms. The number of likely N-dealkylation sites (tertiary alicyclic amines) is 1. The summed E-state index contributed by atoms with van der Waals surface area (Å²) in [7, 11) is 0. The van der Waals surface area contributed by atoms with E-state index in [9.17, 15) is 9.59 Å². The number of amides is 2. The van der Waals surface area contributed by atoms with Crippen molar-refractivity contribution < 1.29 is 9.59 Å². The molecule has 0 bridgehead atoms. The van der Waals surface area contributed by atoms with Gasteiger partial charge >= 0.3 is 0 Å². The lowest BCUT2D eigenvalue weighted by Gasteiger charge is -2.24. The van der Waals surface area contributed by atoms with Gasteiger partial charge in [0.15, 0.2) is 5.96 Å². The molecule has 1 unspecified atom stereocenters. The number of para-hydroxylation sites is 1. The molecule has 2 heterocycles. The second-order valence-corrected chi connectivity index (χ2v) is 7.02. The highest BCUT2D eigenvalue weighted by molar-refractivity contribution is 5.94. The quantitative estimate of drug-likeness (QED) is 0.387. The highest BCUT2D eigenvalue weighted by Crippen LogP contribution is 2.31. The van der Waals surface area contributed by atoms with Gasteiger partial charge in [0.1, 0.15) is 0 Å². The number of benzene rings is 1. The lowest BCUT2D eigenvalue weighted by Crippen LogP contribution is -2.39. The van der Waals surface area contributed by atoms with Crippen LogP contribution in [-0.2, 0) is 9.59 Å². The first kappa shape index (κ1) is 19.2. The number of rotatable bonds is 7. The number of carbonyl (C=O) groups excluding carboxylic acids is 2. The van der Waals surface area contributed by atoms with Crippen molar-refractivity contribution in [1.82, 2.24) is 15.5 Å². The first-order chi connectivity index (χ1) is 13.2. The SMILES string of the molecule is CCNC(=NCC1CC(=O)Nc2ccccc21)NCCCN1CCCC1=O. The summed E-state index contributed by atoms with van der Waals surface area (Å²) >= 11 is 0. The maximum Gasteiger partial charge on any atom is 0.225 e. The minimum absolute atomic E-state index is 0.0436. The molecule has 1 fully saturated rings. The number of hydrogen-bond donors (Lipinski definition) is 3. The van der Waals surface area contributed by atoms with Gasteiger partial charge in [0.25, 0.3) is 0 Å². The van der Waals surface area contributed by atoms with E-state index in [1.165, 1.54) is 0 Å². The Labute approximate surface area is 160 Å². The summed E-state index contributed by atoms with van der Waals surface area (Å²) < 4.78 is 0. The first-order valence-electron chi connectivity index (χ1n) is 9.86. The van der Waals surface area contributed by atoms with Crippen LogP contribution in [0.25, 0.3) is 0 Å². The Bertz CT molecular complexity index is 703. The zero-order chi connectivity index (χ0) is 19.1. The number of nitrogens with zero attached hydrogens (tertiary/aromatic N) is 2. The second-order valence-electron chi connectivity index (χ2n) is 7.02. The van der Waals surface area contributed by atoms with E-state index >= 15 is 0 Å². The van der Waals surface area contributed by atoms with Crippen molar-refractivity contribution in [2.45, 2.75) is 38.5 Å². The van der Waals surface area contributed by atoms with Gasteiger partial charge < -0.3 is 20.9 Å². The van der Waals surface area contributed by atoms with E-state index in [2.05, 4.69) is 27.0 Å². The molecule has 2 aliphatic heterocycles. The van der Waals surface area contributed by atoms with Crippen molar-refractivity contribution in [3.63, 3.8) is 0 Å². The van der Waals surface area contributed by atoms with E-state index in [-0.39, 0.29) is 17.7 Å². The zero-order valence-electron chi connectivity index (χ0n) is 16.0. The van der Waals surface area contributed by atoms with E-state index < -0.39 is 0 Å². The minimum atomic E-state index is 0.0436. The summed E-state index contributed by atoms with van der Waals surface area (Å²) in [4.78, 5) is 30.2. The van der Waals surface area contributed by atoms with Gasteiger partial charge in [-0.15, -0.1) is 0 Å². The molecule has 0 aliphatic carbocycles.